The van der Waals surface area contributed by atoms with Gasteiger partial charge >= 0.3 is 0 Å². The third-order valence-corrected chi connectivity index (χ3v) is 3.95. The average molecular weight is 265 g/mol. The van der Waals surface area contributed by atoms with E-state index in [2.05, 4.69) is 39.5 Å². The molecule has 1 nitrogen and oxygen atoms in total. The maximum Gasteiger partial charge on any atom is 0.0897 e. The highest BCUT2D eigenvalue weighted by Crippen LogP contribution is 2.43. The molecule has 0 N–H and O–H groups in total. The molecule has 0 aromatic heterocycles. The second-order valence-corrected chi connectivity index (χ2v) is 6.28. The smallest absolute Gasteiger partial charge is 0.0897 e. The molecule has 1 aliphatic rings. The topological polar surface area (TPSA) is 9.23 Å². The highest BCUT2D eigenvalue weighted by atomic mass is 35.5. The minimum absolute atomic E-state index is 0.0593. The molecule has 0 amide bonds. The van der Waals surface area contributed by atoms with Crippen molar-refractivity contribution in [1.82, 2.24) is 0 Å². The molecule has 0 bridgehead atoms. The lowest BCUT2D eigenvalue weighted by atomic mass is 9.80. The van der Waals surface area contributed by atoms with Gasteiger partial charge in [0, 0.05) is 10.9 Å². The summed E-state index contributed by atoms with van der Waals surface area (Å²) < 4.78 is 6.27. The van der Waals surface area contributed by atoms with Crippen LogP contribution in [0.5, 0.6) is 0 Å². The van der Waals surface area contributed by atoms with Crippen LogP contribution in [0.25, 0.3) is 0 Å². The van der Waals surface area contributed by atoms with Crippen LogP contribution in [0.15, 0.2) is 36.4 Å². The van der Waals surface area contributed by atoms with E-state index in [4.69, 9.17) is 16.3 Å². The minimum Gasteiger partial charge on any atom is -0.367 e. The predicted octanol–water partition coefficient (Wildman–Crippen LogP) is 5.16. The van der Waals surface area contributed by atoms with Crippen molar-refractivity contribution in [3.8, 4) is 0 Å². The van der Waals surface area contributed by atoms with Gasteiger partial charge in [0.15, 0.2) is 0 Å². The Labute approximate surface area is 115 Å². The van der Waals surface area contributed by atoms with Gasteiger partial charge in [-0.3, -0.25) is 0 Å². The Morgan fingerprint density at radius 3 is 2.50 bits per heavy atom. The van der Waals surface area contributed by atoms with E-state index >= 15 is 0 Å². The van der Waals surface area contributed by atoms with Crippen molar-refractivity contribution in [2.75, 3.05) is 0 Å². The van der Waals surface area contributed by atoms with Crippen LogP contribution in [0.4, 0.5) is 0 Å². The van der Waals surface area contributed by atoms with Crippen LogP contribution in [0.2, 0.25) is 5.02 Å². The first-order valence-electron chi connectivity index (χ1n) is 6.48. The minimum atomic E-state index is -0.0593. The van der Waals surface area contributed by atoms with Crippen LogP contribution in [-0.2, 0) is 4.74 Å². The molecule has 2 atom stereocenters. The maximum atomic E-state index is 6.27. The van der Waals surface area contributed by atoms with E-state index in [1.165, 1.54) is 11.1 Å². The van der Waals surface area contributed by atoms with E-state index in [1.807, 2.05) is 12.1 Å². The molecule has 2 heteroatoms. The summed E-state index contributed by atoms with van der Waals surface area (Å²) in [6, 6.07) is 7.98. The normalized spacial score (nSPS) is 26.9. The molecule has 0 saturated carbocycles. The van der Waals surface area contributed by atoms with E-state index in [0.717, 1.165) is 17.9 Å². The van der Waals surface area contributed by atoms with Crippen LogP contribution >= 0.6 is 11.6 Å². The van der Waals surface area contributed by atoms with Crippen molar-refractivity contribution < 1.29 is 4.74 Å². The second-order valence-electron chi connectivity index (χ2n) is 5.84. The summed E-state index contributed by atoms with van der Waals surface area (Å²) in [6.07, 6.45) is 2.31. The van der Waals surface area contributed by atoms with E-state index < -0.39 is 0 Å². The molecule has 2 unspecified atom stereocenters. The second kappa shape index (κ2) is 5.07. The van der Waals surface area contributed by atoms with Crippen LogP contribution in [0.1, 0.15) is 45.3 Å². The fourth-order valence-corrected chi connectivity index (χ4v) is 2.72. The Balaban J connectivity index is 2.30. The van der Waals surface area contributed by atoms with Gasteiger partial charge in [0.25, 0.3) is 0 Å². The summed E-state index contributed by atoms with van der Waals surface area (Å²) in [6.45, 7) is 10.5. The first kappa shape index (κ1) is 13.6. The lowest BCUT2D eigenvalue weighted by Crippen LogP contribution is -2.36. The van der Waals surface area contributed by atoms with E-state index in [0.29, 0.717) is 5.92 Å². The molecule has 98 valence electrons. The number of ether oxygens (including phenoxy) is 1. The lowest BCUT2D eigenvalue weighted by molar-refractivity contribution is -0.129. The van der Waals surface area contributed by atoms with Crippen molar-refractivity contribution in [2.24, 2.45) is 5.92 Å². The predicted molar refractivity (Wildman–Crippen MR) is 76.9 cm³/mol. The SMILES string of the molecule is C=C(C)C1CCC(C)(C)OC1c1ccc(Cl)cc1. The number of halogens is 1. The van der Waals surface area contributed by atoms with Gasteiger partial charge in [-0.15, -0.1) is 0 Å². The monoisotopic (exact) mass is 264 g/mol. The van der Waals surface area contributed by atoms with Gasteiger partial charge in [-0.25, -0.2) is 0 Å². The molecule has 1 aromatic carbocycles. The van der Waals surface area contributed by atoms with Crippen molar-refractivity contribution in [3.63, 3.8) is 0 Å². The molecule has 2 rings (SSSR count). The van der Waals surface area contributed by atoms with Crippen LogP contribution < -0.4 is 0 Å². The first-order valence-corrected chi connectivity index (χ1v) is 6.85. The zero-order valence-electron chi connectivity index (χ0n) is 11.4. The third-order valence-electron chi connectivity index (χ3n) is 3.70. The lowest BCUT2D eigenvalue weighted by Gasteiger charge is -2.42. The molecule has 18 heavy (non-hydrogen) atoms. The molecular weight excluding hydrogens is 244 g/mol. The Morgan fingerprint density at radius 2 is 1.94 bits per heavy atom. The molecule has 1 aliphatic heterocycles. The van der Waals surface area contributed by atoms with Gasteiger partial charge in [0.05, 0.1) is 11.7 Å². The van der Waals surface area contributed by atoms with E-state index in [1.54, 1.807) is 0 Å². The van der Waals surface area contributed by atoms with Crippen LogP contribution in [0.3, 0.4) is 0 Å². The fraction of sp³-hybridized carbons (Fsp3) is 0.500. The summed E-state index contributed by atoms with van der Waals surface area (Å²) >= 11 is 5.95. The van der Waals surface area contributed by atoms with Crippen molar-refractivity contribution in [2.45, 2.75) is 45.3 Å². The zero-order chi connectivity index (χ0) is 13.3. The van der Waals surface area contributed by atoms with Gasteiger partial charge in [-0.2, -0.15) is 0 Å². The molecular formula is C16H21ClO. The van der Waals surface area contributed by atoms with Crippen molar-refractivity contribution >= 4 is 11.6 Å². The average Bonchev–Trinajstić information content (AvgIpc) is 2.28. The maximum absolute atomic E-state index is 6.27. The Morgan fingerprint density at radius 1 is 1.33 bits per heavy atom. The Bertz CT molecular complexity index is 433. The number of hydrogen-bond donors (Lipinski definition) is 0. The summed E-state index contributed by atoms with van der Waals surface area (Å²) in [7, 11) is 0. The van der Waals surface area contributed by atoms with Gasteiger partial charge in [0.2, 0.25) is 0 Å². The first-order chi connectivity index (χ1) is 8.39. The standard InChI is InChI=1S/C16H21ClO/c1-11(2)14-9-10-16(3,4)18-15(14)12-5-7-13(17)8-6-12/h5-8,14-15H,1,9-10H2,2-4H3. The molecule has 1 aromatic rings. The fourth-order valence-electron chi connectivity index (χ4n) is 2.60. The summed E-state index contributed by atoms with van der Waals surface area (Å²) in [5, 5.41) is 0.765. The Hall–Kier alpha value is -0.790. The largest absolute Gasteiger partial charge is 0.367 e. The van der Waals surface area contributed by atoms with Gasteiger partial charge in [0.1, 0.15) is 0 Å². The zero-order valence-corrected chi connectivity index (χ0v) is 12.1. The quantitative estimate of drug-likeness (QED) is 0.670. The summed E-state index contributed by atoms with van der Waals surface area (Å²) in [5.74, 6) is 0.402. The van der Waals surface area contributed by atoms with Gasteiger partial charge in [-0.1, -0.05) is 35.9 Å². The number of rotatable bonds is 2. The van der Waals surface area contributed by atoms with E-state index in [9.17, 15) is 0 Å². The van der Waals surface area contributed by atoms with E-state index in [-0.39, 0.29) is 11.7 Å². The van der Waals surface area contributed by atoms with Crippen molar-refractivity contribution in [3.05, 3.63) is 47.0 Å². The Kier molecular flexibility index (Phi) is 3.84. The molecule has 0 radical (unpaired) electrons. The summed E-state index contributed by atoms with van der Waals surface area (Å²) in [4.78, 5) is 0. The van der Waals surface area contributed by atoms with Crippen LogP contribution in [0, 0.1) is 5.92 Å². The van der Waals surface area contributed by atoms with Crippen molar-refractivity contribution in [1.29, 1.82) is 0 Å². The van der Waals surface area contributed by atoms with Crippen LogP contribution in [-0.4, -0.2) is 5.60 Å². The molecule has 1 saturated heterocycles. The molecule has 0 aliphatic carbocycles. The molecule has 1 heterocycles. The highest BCUT2D eigenvalue weighted by Gasteiger charge is 2.36. The van der Waals surface area contributed by atoms with Gasteiger partial charge < -0.3 is 4.74 Å². The molecule has 0 spiro atoms. The number of benzene rings is 1. The molecule has 1 fully saturated rings. The van der Waals surface area contributed by atoms with Gasteiger partial charge in [-0.05, 0) is 51.3 Å². The summed E-state index contributed by atoms with van der Waals surface area (Å²) in [5.41, 5.74) is 2.33. The third kappa shape index (κ3) is 2.96. The number of hydrogen-bond acceptors (Lipinski definition) is 1. The highest BCUT2D eigenvalue weighted by molar-refractivity contribution is 6.30.